The number of carbonyl (C=O) groups is 2. The van der Waals surface area contributed by atoms with Crippen LogP contribution in [0.4, 0.5) is 20.6 Å². The summed E-state index contributed by atoms with van der Waals surface area (Å²) < 4.78 is 39.1. The van der Waals surface area contributed by atoms with Crippen LogP contribution in [0.3, 0.4) is 0 Å². The van der Waals surface area contributed by atoms with Crippen molar-refractivity contribution < 1.29 is 32.6 Å². The first kappa shape index (κ1) is 20.5. The van der Waals surface area contributed by atoms with Crippen molar-refractivity contribution in [2.75, 3.05) is 21.8 Å². The molecule has 1 aliphatic rings. The van der Waals surface area contributed by atoms with Gasteiger partial charge < -0.3 is 20.4 Å². The number of amides is 2. The minimum Gasteiger partial charge on any atom is -0.480 e. The number of carboxylic acids is 1. The van der Waals surface area contributed by atoms with Crippen LogP contribution < -0.4 is 10.0 Å². The molecule has 1 saturated heterocycles. The molecule has 0 saturated carbocycles. The minimum atomic E-state index is -3.92. The second-order valence-corrected chi connectivity index (χ2v) is 8.18. The first-order valence-electron chi connectivity index (χ1n) is 7.08. The molecule has 2 atom stereocenters. The Morgan fingerprint density at radius 1 is 1.35 bits per heavy atom. The second kappa shape index (κ2) is 7.82. The van der Waals surface area contributed by atoms with Gasteiger partial charge in [-0.1, -0.05) is 11.6 Å². The molecule has 2 rings (SSSR count). The number of aliphatic hydroxyl groups is 1. The van der Waals surface area contributed by atoms with Gasteiger partial charge in [-0.05, 0) is 12.1 Å². The topological polar surface area (TPSA) is 136 Å². The van der Waals surface area contributed by atoms with Gasteiger partial charge in [-0.15, -0.1) is 11.6 Å². The number of aliphatic carboxylic acids is 1. The number of rotatable bonds is 5. The number of nitrogens with one attached hydrogen (secondary N) is 2. The van der Waals surface area contributed by atoms with Crippen LogP contribution in [0, 0.1) is 5.82 Å². The molecule has 1 aliphatic heterocycles. The summed E-state index contributed by atoms with van der Waals surface area (Å²) in [7, 11) is -3.92. The van der Waals surface area contributed by atoms with Crippen molar-refractivity contribution >= 4 is 56.6 Å². The van der Waals surface area contributed by atoms with E-state index in [1.807, 2.05) is 4.72 Å². The number of urea groups is 1. The lowest BCUT2D eigenvalue weighted by atomic mass is 10.2. The van der Waals surface area contributed by atoms with E-state index in [-0.39, 0.29) is 23.7 Å². The highest BCUT2D eigenvalue weighted by Gasteiger charge is 2.39. The van der Waals surface area contributed by atoms with E-state index in [1.165, 1.54) is 0 Å². The molecule has 26 heavy (non-hydrogen) atoms. The first-order chi connectivity index (χ1) is 12.0. The predicted octanol–water partition coefficient (Wildman–Crippen LogP) is 1.47. The molecule has 0 spiro atoms. The molecule has 0 bridgehead atoms. The van der Waals surface area contributed by atoms with Crippen LogP contribution in [-0.4, -0.2) is 59.4 Å². The Morgan fingerprint density at radius 3 is 2.58 bits per heavy atom. The lowest BCUT2D eigenvalue weighted by Gasteiger charge is -2.22. The van der Waals surface area contributed by atoms with Crippen LogP contribution in [0.15, 0.2) is 12.1 Å². The van der Waals surface area contributed by atoms with E-state index in [2.05, 4.69) is 5.32 Å². The fraction of sp³-hybridized carbons (Fsp3) is 0.385. The number of carbonyl (C=O) groups excluding carboxylic acids is 1. The molecule has 4 N–H and O–H groups in total. The maximum Gasteiger partial charge on any atom is 0.326 e. The van der Waals surface area contributed by atoms with E-state index in [0.29, 0.717) is 0 Å². The van der Waals surface area contributed by atoms with Crippen LogP contribution in [-0.2, 0) is 14.8 Å². The quantitative estimate of drug-likeness (QED) is 0.523. The Morgan fingerprint density at radius 2 is 2.00 bits per heavy atom. The average Bonchev–Trinajstić information content (AvgIpc) is 2.94. The van der Waals surface area contributed by atoms with Gasteiger partial charge in [-0.3, -0.25) is 4.72 Å². The molecule has 0 aliphatic carbocycles. The maximum atomic E-state index is 14.0. The Kier molecular flexibility index (Phi) is 6.17. The monoisotopic (exact) mass is 429 g/mol. The highest BCUT2D eigenvalue weighted by Crippen LogP contribution is 2.30. The molecule has 0 radical (unpaired) electrons. The number of β-amino-alcohol motifs (C(OH)–C–C–N with tert-alkyl or cyclic N) is 1. The van der Waals surface area contributed by atoms with Crippen molar-refractivity contribution in [1.82, 2.24) is 4.90 Å². The SMILES string of the molecule is O=C(O)[C@@H]1CC(O)CN1C(=O)Nc1cc(NS(=O)(=O)CCl)c(Cl)cc1F. The van der Waals surface area contributed by atoms with Crippen molar-refractivity contribution in [2.24, 2.45) is 0 Å². The number of nitrogens with zero attached hydrogens (tertiary/aromatic N) is 1. The third-order valence-electron chi connectivity index (χ3n) is 3.53. The summed E-state index contributed by atoms with van der Waals surface area (Å²) in [5.74, 6) is -2.28. The summed E-state index contributed by atoms with van der Waals surface area (Å²) in [6.45, 7) is -0.246. The summed E-state index contributed by atoms with van der Waals surface area (Å²) >= 11 is 11.0. The molecule has 144 valence electrons. The highest BCUT2D eigenvalue weighted by atomic mass is 35.5. The van der Waals surface area contributed by atoms with Crippen molar-refractivity contribution in [2.45, 2.75) is 18.6 Å². The van der Waals surface area contributed by atoms with Gasteiger partial charge in [0.05, 0.1) is 22.5 Å². The van der Waals surface area contributed by atoms with Crippen molar-refractivity contribution in [3.8, 4) is 0 Å². The summed E-state index contributed by atoms with van der Waals surface area (Å²) in [4.78, 5) is 24.2. The van der Waals surface area contributed by atoms with Crippen LogP contribution in [0.25, 0.3) is 0 Å². The number of hydrogen-bond donors (Lipinski definition) is 4. The number of carboxylic acid groups (broad SMARTS) is 1. The summed E-state index contributed by atoms with van der Waals surface area (Å²) in [5, 5.41) is 19.8. The van der Waals surface area contributed by atoms with Crippen molar-refractivity contribution in [3.63, 3.8) is 0 Å². The van der Waals surface area contributed by atoms with E-state index in [0.717, 1.165) is 17.0 Å². The molecule has 1 fully saturated rings. The lowest BCUT2D eigenvalue weighted by molar-refractivity contribution is -0.141. The molecule has 1 aromatic carbocycles. The molecule has 9 nitrogen and oxygen atoms in total. The molecule has 2 amide bonds. The molecular formula is C13H14Cl2FN3O6S. The normalized spacial score (nSPS) is 20.1. The minimum absolute atomic E-state index is 0.160. The maximum absolute atomic E-state index is 14.0. The Bertz CT molecular complexity index is 837. The Labute approximate surface area is 157 Å². The van der Waals surface area contributed by atoms with Gasteiger partial charge in [0.2, 0.25) is 10.0 Å². The molecule has 1 unspecified atom stereocenters. The predicted molar refractivity (Wildman–Crippen MR) is 92.4 cm³/mol. The Balaban J connectivity index is 2.26. The zero-order chi connectivity index (χ0) is 19.6. The molecule has 1 heterocycles. The van der Waals surface area contributed by atoms with E-state index < -0.39 is 50.9 Å². The number of alkyl halides is 1. The average molecular weight is 430 g/mol. The van der Waals surface area contributed by atoms with Crippen molar-refractivity contribution in [3.05, 3.63) is 23.0 Å². The summed E-state index contributed by atoms with van der Waals surface area (Å²) in [6, 6.07) is -0.533. The van der Waals surface area contributed by atoms with Crippen LogP contribution in [0.5, 0.6) is 0 Å². The highest BCUT2D eigenvalue weighted by molar-refractivity contribution is 7.93. The van der Waals surface area contributed by atoms with Gasteiger partial charge in [0.1, 0.15) is 17.1 Å². The Hall–Kier alpha value is -1.82. The van der Waals surface area contributed by atoms with E-state index in [1.54, 1.807) is 0 Å². The molecule has 13 heteroatoms. The number of anilines is 2. The van der Waals surface area contributed by atoms with Gasteiger partial charge in [0.25, 0.3) is 0 Å². The van der Waals surface area contributed by atoms with Crippen LogP contribution >= 0.6 is 23.2 Å². The summed E-state index contributed by atoms with van der Waals surface area (Å²) in [6.07, 6.45) is -1.19. The summed E-state index contributed by atoms with van der Waals surface area (Å²) in [5.41, 5.74) is -0.655. The van der Waals surface area contributed by atoms with E-state index in [4.69, 9.17) is 28.3 Å². The zero-order valence-electron chi connectivity index (χ0n) is 12.9. The van der Waals surface area contributed by atoms with Gasteiger partial charge in [0, 0.05) is 13.0 Å². The third kappa shape index (κ3) is 4.67. The van der Waals surface area contributed by atoms with Gasteiger partial charge in [-0.2, -0.15) is 0 Å². The third-order valence-corrected chi connectivity index (χ3v) is 5.53. The smallest absolute Gasteiger partial charge is 0.326 e. The standard InChI is InChI=1S/C13H14Cl2FN3O6S/c14-5-26(24,25)18-9-3-10(8(16)2-7(9)15)17-13(23)19-4-6(20)1-11(19)12(21)22/h2-3,6,11,18,20H,1,4-5H2,(H,17,23)(H,21,22)/t6?,11-/m0/s1. The largest absolute Gasteiger partial charge is 0.480 e. The van der Waals surface area contributed by atoms with E-state index >= 15 is 0 Å². The van der Waals surface area contributed by atoms with E-state index in [9.17, 15) is 27.5 Å². The molecule has 0 aromatic heterocycles. The molecular weight excluding hydrogens is 416 g/mol. The van der Waals surface area contributed by atoms with Crippen molar-refractivity contribution in [1.29, 1.82) is 0 Å². The van der Waals surface area contributed by atoms with Gasteiger partial charge in [0.15, 0.2) is 0 Å². The fourth-order valence-corrected chi connectivity index (χ4v) is 3.35. The van der Waals surface area contributed by atoms with Crippen LogP contribution in [0.1, 0.15) is 6.42 Å². The fourth-order valence-electron chi connectivity index (χ4n) is 2.38. The molecule has 1 aromatic rings. The van der Waals surface area contributed by atoms with Gasteiger partial charge in [-0.25, -0.2) is 22.4 Å². The number of halogens is 3. The zero-order valence-corrected chi connectivity index (χ0v) is 15.3. The number of likely N-dealkylation sites (tertiary alicyclic amines) is 1. The number of benzene rings is 1. The first-order valence-corrected chi connectivity index (χ1v) is 9.64. The number of hydrogen-bond acceptors (Lipinski definition) is 5. The van der Waals surface area contributed by atoms with Gasteiger partial charge >= 0.3 is 12.0 Å². The second-order valence-electron chi connectivity index (χ2n) is 5.46. The number of sulfonamides is 1. The lowest BCUT2D eigenvalue weighted by Crippen LogP contribution is -2.43. The van der Waals surface area contributed by atoms with Crippen LogP contribution in [0.2, 0.25) is 5.02 Å². The number of aliphatic hydroxyl groups excluding tert-OH is 1.